The number of benzene rings is 1. The second-order valence-corrected chi connectivity index (χ2v) is 5.80. The molecular weight excluding hydrogens is 222 g/mol. The van der Waals surface area contributed by atoms with Gasteiger partial charge >= 0.3 is 0 Å². The molecule has 0 heterocycles. The van der Waals surface area contributed by atoms with Crippen LogP contribution in [0.2, 0.25) is 0 Å². The Bertz CT molecular complexity index is 394. The summed E-state index contributed by atoms with van der Waals surface area (Å²) >= 11 is 0. The lowest BCUT2D eigenvalue weighted by Crippen LogP contribution is -2.35. The van der Waals surface area contributed by atoms with E-state index in [-0.39, 0.29) is 6.10 Å². The Morgan fingerprint density at radius 2 is 1.78 bits per heavy atom. The molecule has 0 saturated heterocycles. The van der Waals surface area contributed by atoms with Crippen LogP contribution >= 0.6 is 0 Å². The van der Waals surface area contributed by atoms with Crippen molar-refractivity contribution >= 4 is 0 Å². The van der Waals surface area contributed by atoms with Crippen molar-refractivity contribution in [1.29, 1.82) is 0 Å². The Kier molecular flexibility index (Phi) is 4.41. The molecule has 0 aromatic heterocycles. The highest BCUT2D eigenvalue weighted by Crippen LogP contribution is 2.23. The average Bonchev–Trinajstić information content (AvgIpc) is 2.34. The van der Waals surface area contributed by atoms with Crippen LogP contribution in [0.1, 0.15) is 42.4 Å². The van der Waals surface area contributed by atoms with Crippen molar-refractivity contribution in [2.45, 2.75) is 58.2 Å². The molecule has 1 N–H and O–H groups in total. The van der Waals surface area contributed by atoms with E-state index in [1.807, 2.05) is 0 Å². The van der Waals surface area contributed by atoms with Crippen molar-refractivity contribution in [1.82, 2.24) is 4.90 Å². The first kappa shape index (κ1) is 13.6. The normalized spacial score (nSPS) is 24.5. The monoisotopic (exact) mass is 247 g/mol. The van der Waals surface area contributed by atoms with Crippen molar-refractivity contribution in [3.63, 3.8) is 0 Å². The molecule has 0 spiro atoms. The van der Waals surface area contributed by atoms with Crippen LogP contribution in [0.3, 0.4) is 0 Å². The molecule has 18 heavy (non-hydrogen) atoms. The van der Waals surface area contributed by atoms with Gasteiger partial charge in [0.2, 0.25) is 0 Å². The first-order chi connectivity index (χ1) is 8.56. The van der Waals surface area contributed by atoms with Gasteiger partial charge in [-0.3, -0.25) is 4.90 Å². The Labute approximate surface area is 111 Å². The highest BCUT2D eigenvalue weighted by atomic mass is 16.3. The van der Waals surface area contributed by atoms with Crippen LogP contribution in [0.25, 0.3) is 0 Å². The first-order valence-electron chi connectivity index (χ1n) is 7.00. The van der Waals surface area contributed by atoms with E-state index in [2.05, 4.69) is 44.0 Å². The van der Waals surface area contributed by atoms with Crippen LogP contribution < -0.4 is 0 Å². The van der Waals surface area contributed by atoms with Crippen LogP contribution in [0.15, 0.2) is 18.2 Å². The predicted molar refractivity (Wildman–Crippen MR) is 75.6 cm³/mol. The molecule has 1 aromatic carbocycles. The molecule has 1 fully saturated rings. The highest BCUT2D eigenvalue weighted by molar-refractivity contribution is 5.29. The zero-order valence-corrected chi connectivity index (χ0v) is 11.8. The van der Waals surface area contributed by atoms with Gasteiger partial charge in [0, 0.05) is 12.6 Å². The van der Waals surface area contributed by atoms with Gasteiger partial charge in [-0.05, 0) is 63.3 Å². The maximum atomic E-state index is 9.55. The van der Waals surface area contributed by atoms with Crippen LogP contribution in [0.4, 0.5) is 0 Å². The van der Waals surface area contributed by atoms with Gasteiger partial charge in [0.1, 0.15) is 0 Å². The summed E-state index contributed by atoms with van der Waals surface area (Å²) in [5, 5.41) is 9.55. The van der Waals surface area contributed by atoms with Gasteiger partial charge in [-0.1, -0.05) is 18.2 Å². The van der Waals surface area contributed by atoms with Crippen molar-refractivity contribution in [2.75, 3.05) is 7.05 Å². The molecule has 0 radical (unpaired) electrons. The minimum atomic E-state index is -0.0590. The molecule has 1 saturated carbocycles. The van der Waals surface area contributed by atoms with Crippen LogP contribution in [0, 0.1) is 13.8 Å². The Morgan fingerprint density at radius 3 is 2.39 bits per heavy atom. The minimum Gasteiger partial charge on any atom is -0.393 e. The first-order valence-corrected chi connectivity index (χ1v) is 7.00. The predicted octanol–water partition coefficient (Wildman–Crippen LogP) is 3.04. The van der Waals surface area contributed by atoms with Gasteiger partial charge in [0.05, 0.1) is 6.10 Å². The number of hydrogen-bond acceptors (Lipinski definition) is 2. The Morgan fingerprint density at radius 1 is 1.11 bits per heavy atom. The van der Waals surface area contributed by atoms with E-state index in [4.69, 9.17) is 0 Å². The molecule has 0 unspecified atom stereocenters. The third-order valence-corrected chi connectivity index (χ3v) is 4.29. The fourth-order valence-electron chi connectivity index (χ4n) is 2.82. The maximum Gasteiger partial charge on any atom is 0.0541 e. The standard InChI is InChI=1S/C16H25NO/c1-12-4-5-14(10-13(12)2)11-17(3)15-6-8-16(18)9-7-15/h4-5,10,15-16,18H,6-9,11H2,1-3H3. The van der Waals surface area contributed by atoms with Crippen LogP contribution in [-0.4, -0.2) is 29.2 Å². The minimum absolute atomic E-state index is 0.0590. The molecule has 1 aliphatic carbocycles. The van der Waals surface area contributed by atoms with Gasteiger partial charge < -0.3 is 5.11 Å². The second-order valence-electron chi connectivity index (χ2n) is 5.80. The third-order valence-electron chi connectivity index (χ3n) is 4.29. The molecule has 1 aromatic rings. The number of rotatable bonds is 3. The van der Waals surface area contributed by atoms with Crippen LogP contribution in [0.5, 0.6) is 0 Å². The lowest BCUT2D eigenvalue weighted by molar-refractivity contribution is 0.0818. The van der Waals surface area contributed by atoms with Gasteiger partial charge in [-0.25, -0.2) is 0 Å². The van der Waals surface area contributed by atoms with Crippen molar-refractivity contribution < 1.29 is 5.11 Å². The SMILES string of the molecule is Cc1ccc(CN(C)C2CCC(O)CC2)cc1C. The molecule has 0 bridgehead atoms. The summed E-state index contributed by atoms with van der Waals surface area (Å²) in [5.41, 5.74) is 4.13. The lowest BCUT2D eigenvalue weighted by atomic mass is 9.92. The van der Waals surface area contributed by atoms with Gasteiger partial charge in [0.15, 0.2) is 0 Å². The summed E-state index contributed by atoms with van der Waals surface area (Å²) in [6.45, 7) is 5.35. The molecule has 2 rings (SSSR count). The average molecular weight is 247 g/mol. The number of aliphatic hydroxyl groups excluding tert-OH is 1. The molecule has 2 nitrogen and oxygen atoms in total. The summed E-state index contributed by atoms with van der Waals surface area (Å²) in [6, 6.07) is 7.37. The molecule has 100 valence electrons. The molecule has 2 heteroatoms. The zero-order valence-electron chi connectivity index (χ0n) is 11.8. The largest absolute Gasteiger partial charge is 0.393 e. The van der Waals surface area contributed by atoms with Crippen molar-refractivity contribution in [3.05, 3.63) is 34.9 Å². The van der Waals surface area contributed by atoms with E-state index in [1.54, 1.807) is 0 Å². The van der Waals surface area contributed by atoms with Gasteiger partial charge in [-0.2, -0.15) is 0 Å². The highest BCUT2D eigenvalue weighted by Gasteiger charge is 2.22. The van der Waals surface area contributed by atoms with E-state index in [9.17, 15) is 5.11 Å². The Hall–Kier alpha value is -0.860. The van der Waals surface area contributed by atoms with Crippen LogP contribution in [-0.2, 0) is 6.54 Å². The fourth-order valence-corrected chi connectivity index (χ4v) is 2.82. The molecule has 0 amide bonds. The fraction of sp³-hybridized carbons (Fsp3) is 0.625. The lowest BCUT2D eigenvalue weighted by Gasteiger charge is -2.33. The number of nitrogens with zero attached hydrogens (tertiary/aromatic N) is 1. The van der Waals surface area contributed by atoms with Crippen molar-refractivity contribution in [2.24, 2.45) is 0 Å². The number of hydrogen-bond donors (Lipinski definition) is 1. The molecular formula is C16H25NO. The van der Waals surface area contributed by atoms with E-state index in [0.29, 0.717) is 6.04 Å². The molecule has 0 atom stereocenters. The second kappa shape index (κ2) is 5.85. The van der Waals surface area contributed by atoms with E-state index in [0.717, 1.165) is 32.2 Å². The molecule has 0 aliphatic heterocycles. The molecule has 1 aliphatic rings. The number of aliphatic hydroxyl groups is 1. The summed E-state index contributed by atoms with van der Waals surface area (Å²) in [6.07, 6.45) is 4.12. The maximum absolute atomic E-state index is 9.55. The van der Waals surface area contributed by atoms with E-state index < -0.39 is 0 Å². The third kappa shape index (κ3) is 3.33. The van der Waals surface area contributed by atoms with E-state index >= 15 is 0 Å². The van der Waals surface area contributed by atoms with E-state index in [1.165, 1.54) is 16.7 Å². The zero-order chi connectivity index (χ0) is 13.1. The van der Waals surface area contributed by atoms with Crippen molar-refractivity contribution in [3.8, 4) is 0 Å². The number of aryl methyl sites for hydroxylation is 2. The summed E-state index contributed by atoms with van der Waals surface area (Å²) in [7, 11) is 2.21. The smallest absolute Gasteiger partial charge is 0.0541 e. The summed E-state index contributed by atoms with van der Waals surface area (Å²) in [5.74, 6) is 0. The van der Waals surface area contributed by atoms with Gasteiger partial charge in [-0.15, -0.1) is 0 Å². The summed E-state index contributed by atoms with van der Waals surface area (Å²) < 4.78 is 0. The Balaban J connectivity index is 1.94. The van der Waals surface area contributed by atoms with Gasteiger partial charge in [0.25, 0.3) is 0 Å². The quantitative estimate of drug-likeness (QED) is 0.887. The summed E-state index contributed by atoms with van der Waals surface area (Å²) in [4.78, 5) is 2.44. The topological polar surface area (TPSA) is 23.5 Å².